The maximum Gasteiger partial charge on any atom is 0.184 e. The second-order valence-electron chi connectivity index (χ2n) is 10.8. The molecular weight excluding hydrogens is 440 g/mol. The highest BCUT2D eigenvalue weighted by Crippen LogP contribution is 2.51. The Morgan fingerprint density at radius 2 is 1.00 bits per heavy atom. The zero-order valence-electron chi connectivity index (χ0n) is 20.5. The van der Waals surface area contributed by atoms with Gasteiger partial charge >= 0.3 is 0 Å². The van der Waals surface area contributed by atoms with Crippen molar-refractivity contribution in [2.45, 2.75) is 32.7 Å². The summed E-state index contributed by atoms with van der Waals surface area (Å²) in [5.41, 5.74) is 7.04. The van der Waals surface area contributed by atoms with Gasteiger partial charge < -0.3 is 4.43 Å². The van der Waals surface area contributed by atoms with Crippen molar-refractivity contribution in [3.63, 3.8) is 0 Å². The third-order valence-electron chi connectivity index (χ3n) is 7.51. The minimum absolute atomic E-state index is 0.679. The molecule has 170 valence electrons. The molecule has 0 aliphatic heterocycles. The first-order chi connectivity index (χ1) is 17.0. The predicted molar refractivity (Wildman–Crippen MR) is 153 cm³/mol. The van der Waals surface area contributed by atoms with E-state index in [1.54, 1.807) is 0 Å². The van der Waals surface area contributed by atoms with Crippen LogP contribution in [-0.4, -0.2) is 8.32 Å². The van der Waals surface area contributed by atoms with Crippen LogP contribution in [0.5, 0.6) is 0 Å². The molecular formula is C33H28OSi. The van der Waals surface area contributed by atoms with Crippen LogP contribution in [0.15, 0.2) is 91.0 Å². The molecule has 0 saturated carbocycles. The van der Waals surface area contributed by atoms with Gasteiger partial charge in [0.1, 0.15) is 0 Å². The molecule has 1 nitrogen and oxygen atoms in total. The summed E-state index contributed by atoms with van der Waals surface area (Å²) in [4.78, 5) is 0. The molecule has 0 N–H and O–H groups in total. The fourth-order valence-electron chi connectivity index (χ4n) is 6.03. The van der Waals surface area contributed by atoms with Gasteiger partial charge in [0, 0.05) is 0 Å². The van der Waals surface area contributed by atoms with E-state index in [1.807, 2.05) is 0 Å². The Labute approximate surface area is 207 Å². The first kappa shape index (κ1) is 20.9. The highest BCUT2D eigenvalue weighted by atomic mass is 28.4. The van der Waals surface area contributed by atoms with Crippen molar-refractivity contribution < 1.29 is 4.43 Å². The second-order valence-corrected chi connectivity index (χ2v) is 15.3. The van der Waals surface area contributed by atoms with Crippen LogP contribution in [0.3, 0.4) is 0 Å². The van der Waals surface area contributed by atoms with Crippen LogP contribution in [0.2, 0.25) is 19.6 Å². The van der Waals surface area contributed by atoms with E-state index < -0.39 is 8.32 Å². The SMILES string of the molecule is C[Si](C)(C)OCc1ccc2c(c1)c1c(c3ccccc32)Cc2c-1c1ccccc1c1ccccc21. The molecule has 1 aliphatic rings. The van der Waals surface area contributed by atoms with Gasteiger partial charge in [-0.15, -0.1) is 0 Å². The third kappa shape index (κ3) is 3.17. The molecule has 0 unspecified atom stereocenters. The van der Waals surface area contributed by atoms with Crippen LogP contribution >= 0.6 is 0 Å². The first-order valence-corrected chi connectivity index (χ1v) is 15.9. The van der Waals surface area contributed by atoms with E-state index in [4.69, 9.17) is 4.43 Å². The first-order valence-electron chi connectivity index (χ1n) is 12.5. The van der Waals surface area contributed by atoms with Crippen LogP contribution in [0.25, 0.3) is 54.2 Å². The Bertz CT molecular complexity index is 1810. The lowest BCUT2D eigenvalue weighted by atomic mass is 9.88. The average Bonchev–Trinajstić information content (AvgIpc) is 3.29. The summed E-state index contributed by atoms with van der Waals surface area (Å²) in [6.45, 7) is 7.45. The van der Waals surface area contributed by atoms with E-state index >= 15 is 0 Å². The third-order valence-corrected chi connectivity index (χ3v) is 8.52. The molecule has 6 aromatic rings. The van der Waals surface area contributed by atoms with Gasteiger partial charge in [0.25, 0.3) is 0 Å². The maximum absolute atomic E-state index is 6.31. The van der Waals surface area contributed by atoms with Gasteiger partial charge in [-0.3, -0.25) is 0 Å². The van der Waals surface area contributed by atoms with E-state index in [-0.39, 0.29) is 0 Å². The molecule has 0 amide bonds. The average molecular weight is 469 g/mol. The van der Waals surface area contributed by atoms with Crippen LogP contribution in [0.1, 0.15) is 16.7 Å². The van der Waals surface area contributed by atoms with Gasteiger partial charge in [-0.05, 0) is 103 Å². The standard InChI is InChI=1S/C33H28OSi/c1-35(2,3)34-20-21-16-17-27-23-11-5-7-14-26(23)31-19-30-25-13-6-4-10-22(25)24-12-8-9-15-28(24)32(30)33(31)29(27)18-21/h4-18H,19-20H2,1-3H3. The van der Waals surface area contributed by atoms with Crippen molar-refractivity contribution in [3.8, 4) is 11.1 Å². The van der Waals surface area contributed by atoms with Crippen LogP contribution < -0.4 is 0 Å². The molecule has 1 aliphatic carbocycles. The molecule has 7 rings (SSSR count). The molecule has 0 fully saturated rings. The van der Waals surface area contributed by atoms with Crippen molar-refractivity contribution in [1.29, 1.82) is 0 Å². The smallest absolute Gasteiger partial charge is 0.184 e. The Balaban J connectivity index is 1.62. The summed E-state index contributed by atoms with van der Waals surface area (Å²) in [6.07, 6.45) is 0.974. The van der Waals surface area contributed by atoms with E-state index in [1.165, 1.54) is 70.9 Å². The van der Waals surface area contributed by atoms with Crippen molar-refractivity contribution in [1.82, 2.24) is 0 Å². The van der Waals surface area contributed by atoms with Crippen LogP contribution in [0.4, 0.5) is 0 Å². The molecule has 0 atom stereocenters. The van der Waals surface area contributed by atoms with Gasteiger partial charge in [-0.2, -0.15) is 0 Å². The van der Waals surface area contributed by atoms with Crippen molar-refractivity contribution in [3.05, 3.63) is 108 Å². The van der Waals surface area contributed by atoms with Gasteiger partial charge in [0.2, 0.25) is 0 Å². The highest BCUT2D eigenvalue weighted by Gasteiger charge is 2.28. The van der Waals surface area contributed by atoms with E-state index in [9.17, 15) is 0 Å². The van der Waals surface area contributed by atoms with E-state index in [2.05, 4.69) is 111 Å². The lowest BCUT2D eigenvalue weighted by molar-refractivity contribution is 0.299. The Morgan fingerprint density at radius 3 is 1.57 bits per heavy atom. The monoisotopic (exact) mass is 468 g/mol. The van der Waals surface area contributed by atoms with Crippen LogP contribution in [-0.2, 0) is 17.5 Å². The maximum atomic E-state index is 6.31. The number of hydrogen-bond donors (Lipinski definition) is 0. The quantitative estimate of drug-likeness (QED) is 0.185. The number of hydrogen-bond acceptors (Lipinski definition) is 1. The summed E-state index contributed by atoms with van der Waals surface area (Å²) >= 11 is 0. The largest absolute Gasteiger partial charge is 0.413 e. The molecule has 0 saturated heterocycles. The number of rotatable bonds is 3. The minimum Gasteiger partial charge on any atom is -0.413 e. The molecule has 0 bridgehead atoms. The van der Waals surface area contributed by atoms with E-state index in [0.717, 1.165) is 6.42 Å². The zero-order chi connectivity index (χ0) is 23.7. The molecule has 6 aromatic carbocycles. The highest BCUT2D eigenvalue weighted by molar-refractivity contribution is 6.69. The van der Waals surface area contributed by atoms with Gasteiger partial charge in [-0.25, -0.2) is 0 Å². The molecule has 0 radical (unpaired) electrons. The number of fused-ring (bicyclic) bond motifs is 13. The van der Waals surface area contributed by atoms with Crippen molar-refractivity contribution in [2.75, 3.05) is 0 Å². The topological polar surface area (TPSA) is 9.23 Å². The summed E-state index contributed by atoms with van der Waals surface area (Å²) in [5, 5.41) is 10.9. The Kier molecular flexibility index (Phi) is 4.48. The summed E-state index contributed by atoms with van der Waals surface area (Å²) in [7, 11) is -1.60. The van der Waals surface area contributed by atoms with E-state index in [0.29, 0.717) is 6.61 Å². The summed E-state index contributed by atoms with van der Waals surface area (Å²) < 4.78 is 6.31. The van der Waals surface area contributed by atoms with Crippen LogP contribution in [0, 0.1) is 0 Å². The molecule has 0 spiro atoms. The molecule has 35 heavy (non-hydrogen) atoms. The van der Waals surface area contributed by atoms with Crippen molar-refractivity contribution in [2.24, 2.45) is 0 Å². The second kappa shape index (κ2) is 7.52. The number of benzene rings is 6. The molecule has 0 aromatic heterocycles. The fourth-order valence-corrected chi connectivity index (χ4v) is 6.63. The summed E-state index contributed by atoms with van der Waals surface area (Å²) in [6, 6.07) is 33.8. The predicted octanol–water partition coefficient (Wildman–Crippen LogP) is 9.22. The lowest BCUT2D eigenvalue weighted by Gasteiger charge is -2.19. The summed E-state index contributed by atoms with van der Waals surface area (Å²) in [5.74, 6) is 0. The van der Waals surface area contributed by atoms with Gasteiger partial charge in [0.05, 0.1) is 6.61 Å². The Hall–Kier alpha value is -3.46. The van der Waals surface area contributed by atoms with Gasteiger partial charge in [0.15, 0.2) is 8.32 Å². The lowest BCUT2D eigenvalue weighted by Crippen LogP contribution is -2.24. The zero-order valence-corrected chi connectivity index (χ0v) is 21.5. The minimum atomic E-state index is -1.60. The fraction of sp³-hybridized carbons (Fsp3) is 0.152. The van der Waals surface area contributed by atoms with Gasteiger partial charge in [-0.1, -0.05) is 84.9 Å². The van der Waals surface area contributed by atoms with Crippen molar-refractivity contribution >= 4 is 51.4 Å². The molecule has 2 heteroatoms. The Morgan fingerprint density at radius 1 is 0.543 bits per heavy atom. The normalized spacial score (nSPS) is 13.1. The molecule has 0 heterocycles.